The Labute approximate surface area is 175 Å². The molecule has 2 aromatic rings. The highest BCUT2D eigenvalue weighted by Gasteiger charge is 2.19. The second kappa shape index (κ2) is 10.9. The molecule has 0 heterocycles. The zero-order valence-corrected chi connectivity index (χ0v) is 17.5. The number of halogens is 1. The van der Waals surface area contributed by atoms with E-state index in [0.717, 1.165) is 5.56 Å². The quantitative estimate of drug-likeness (QED) is 0.554. The summed E-state index contributed by atoms with van der Waals surface area (Å²) in [6.07, 6.45) is -0.511. The van der Waals surface area contributed by atoms with Crippen molar-refractivity contribution < 1.29 is 22.7 Å². The Kier molecular flexibility index (Phi) is 8.63. The third kappa shape index (κ3) is 7.84. The topological polar surface area (TPSA) is 102 Å². The van der Waals surface area contributed by atoms with E-state index < -0.39 is 28.0 Å². The zero-order chi connectivity index (χ0) is 21.3. The van der Waals surface area contributed by atoms with Crippen molar-refractivity contribution in [3.63, 3.8) is 0 Å². The van der Waals surface area contributed by atoms with Gasteiger partial charge in [-0.05, 0) is 37.1 Å². The molecule has 0 aliphatic carbocycles. The molecule has 7 nitrogen and oxygen atoms in total. The minimum absolute atomic E-state index is 0.00419. The van der Waals surface area contributed by atoms with Crippen molar-refractivity contribution in [3.05, 3.63) is 65.2 Å². The monoisotopic (exact) mass is 438 g/mol. The molecule has 0 bridgehead atoms. The number of carbonyl (C=O) groups excluding carboxylic acids is 2. The van der Waals surface area contributed by atoms with Crippen LogP contribution in [0, 0.1) is 0 Å². The first-order valence-electron chi connectivity index (χ1n) is 9.04. The summed E-state index contributed by atoms with van der Waals surface area (Å²) in [4.78, 5) is 23.9. The molecule has 0 saturated carbocycles. The van der Waals surface area contributed by atoms with Crippen LogP contribution in [-0.4, -0.2) is 39.5 Å². The largest absolute Gasteiger partial charge is 0.453 e. The summed E-state index contributed by atoms with van der Waals surface area (Å²) >= 11 is 5.79. The third-order valence-electron chi connectivity index (χ3n) is 3.96. The molecule has 2 aromatic carbocycles. The zero-order valence-electron chi connectivity index (χ0n) is 15.9. The predicted octanol–water partition coefficient (Wildman–Crippen LogP) is 2.30. The fraction of sp³-hybridized carbons (Fsp3) is 0.300. The lowest BCUT2D eigenvalue weighted by atomic mass is 10.1. The van der Waals surface area contributed by atoms with Crippen LogP contribution >= 0.6 is 11.6 Å². The van der Waals surface area contributed by atoms with E-state index >= 15 is 0 Å². The summed E-state index contributed by atoms with van der Waals surface area (Å²) in [5, 5.41) is 2.99. The number of sulfonamides is 1. The number of esters is 1. The average Bonchev–Trinajstić information content (AvgIpc) is 2.68. The lowest BCUT2D eigenvalue weighted by Crippen LogP contribution is -2.37. The van der Waals surface area contributed by atoms with Crippen LogP contribution in [-0.2, 0) is 30.8 Å². The van der Waals surface area contributed by atoms with Crippen LogP contribution < -0.4 is 10.0 Å². The highest BCUT2D eigenvalue weighted by Crippen LogP contribution is 2.15. The minimum Gasteiger partial charge on any atom is -0.453 e. The maximum Gasteiger partial charge on any atom is 0.307 e. The van der Waals surface area contributed by atoms with Gasteiger partial charge in [-0.2, -0.15) is 0 Å². The Morgan fingerprint density at radius 1 is 1.07 bits per heavy atom. The maximum atomic E-state index is 12.1. The van der Waals surface area contributed by atoms with Gasteiger partial charge in [0.2, 0.25) is 10.0 Å². The molecule has 9 heteroatoms. The van der Waals surface area contributed by atoms with Crippen LogP contribution in [0.4, 0.5) is 0 Å². The number of amides is 1. The molecule has 0 saturated heterocycles. The second-order valence-electron chi connectivity index (χ2n) is 6.26. The predicted molar refractivity (Wildman–Crippen MR) is 110 cm³/mol. The Bertz CT molecular complexity index is 935. The molecule has 0 aromatic heterocycles. The number of ether oxygens (including phenoxy) is 1. The SMILES string of the molecule is CC(OC(=O)CCNS(=O)(=O)c1cccc(Cl)c1)C(=O)NCCc1ccccc1. The van der Waals surface area contributed by atoms with Crippen molar-refractivity contribution in [2.24, 2.45) is 0 Å². The van der Waals surface area contributed by atoms with Gasteiger partial charge in [-0.1, -0.05) is 48.0 Å². The van der Waals surface area contributed by atoms with E-state index in [2.05, 4.69) is 10.0 Å². The molecule has 0 radical (unpaired) electrons. The molecule has 0 spiro atoms. The van der Waals surface area contributed by atoms with E-state index in [1.807, 2.05) is 30.3 Å². The lowest BCUT2D eigenvalue weighted by molar-refractivity contribution is -0.154. The summed E-state index contributed by atoms with van der Waals surface area (Å²) in [6.45, 7) is 1.73. The van der Waals surface area contributed by atoms with Crippen molar-refractivity contribution in [3.8, 4) is 0 Å². The van der Waals surface area contributed by atoms with Crippen molar-refractivity contribution in [1.29, 1.82) is 0 Å². The number of carbonyl (C=O) groups is 2. The number of nitrogens with one attached hydrogen (secondary N) is 2. The Morgan fingerprint density at radius 3 is 2.48 bits per heavy atom. The van der Waals surface area contributed by atoms with E-state index in [9.17, 15) is 18.0 Å². The molecule has 0 aliphatic heterocycles. The molecule has 1 amide bonds. The van der Waals surface area contributed by atoms with Crippen molar-refractivity contribution in [2.75, 3.05) is 13.1 Å². The summed E-state index contributed by atoms with van der Waals surface area (Å²) in [6, 6.07) is 15.5. The molecule has 29 heavy (non-hydrogen) atoms. The molecule has 156 valence electrons. The molecule has 0 fully saturated rings. The first kappa shape index (κ1) is 22.9. The van der Waals surface area contributed by atoms with Gasteiger partial charge in [0.15, 0.2) is 6.10 Å². The highest BCUT2D eigenvalue weighted by molar-refractivity contribution is 7.89. The van der Waals surface area contributed by atoms with E-state index in [0.29, 0.717) is 18.0 Å². The first-order valence-corrected chi connectivity index (χ1v) is 10.9. The van der Waals surface area contributed by atoms with E-state index in [4.69, 9.17) is 16.3 Å². The van der Waals surface area contributed by atoms with Gasteiger partial charge < -0.3 is 10.1 Å². The van der Waals surface area contributed by atoms with Crippen LogP contribution in [0.2, 0.25) is 5.02 Å². The van der Waals surface area contributed by atoms with Gasteiger partial charge in [0.05, 0.1) is 11.3 Å². The summed E-state index contributed by atoms with van der Waals surface area (Å²) < 4.78 is 31.6. The van der Waals surface area contributed by atoms with Crippen molar-refractivity contribution in [1.82, 2.24) is 10.0 Å². The van der Waals surface area contributed by atoms with Crippen molar-refractivity contribution >= 4 is 33.5 Å². The van der Waals surface area contributed by atoms with Crippen LogP contribution in [0.1, 0.15) is 18.9 Å². The third-order valence-corrected chi connectivity index (χ3v) is 5.65. The van der Waals surface area contributed by atoms with Gasteiger partial charge in [-0.15, -0.1) is 0 Å². The van der Waals surface area contributed by atoms with E-state index in [-0.39, 0.29) is 17.9 Å². The van der Waals surface area contributed by atoms with Gasteiger partial charge in [-0.25, -0.2) is 13.1 Å². The molecule has 1 unspecified atom stereocenters. The number of hydrogen-bond donors (Lipinski definition) is 2. The van der Waals surface area contributed by atoms with Gasteiger partial charge in [0.1, 0.15) is 0 Å². The lowest BCUT2D eigenvalue weighted by Gasteiger charge is -2.14. The van der Waals surface area contributed by atoms with Crippen LogP contribution in [0.5, 0.6) is 0 Å². The number of rotatable bonds is 10. The maximum absolute atomic E-state index is 12.1. The molecule has 2 rings (SSSR count). The van der Waals surface area contributed by atoms with Crippen LogP contribution in [0.15, 0.2) is 59.5 Å². The highest BCUT2D eigenvalue weighted by atomic mass is 35.5. The molecule has 0 aliphatic rings. The smallest absolute Gasteiger partial charge is 0.307 e. The second-order valence-corrected chi connectivity index (χ2v) is 8.47. The van der Waals surface area contributed by atoms with Gasteiger partial charge in [0.25, 0.3) is 5.91 Å². The average molecular weight is 439 g/mol. The van der Waals surface area contributed by atoms with Gasteiger partial charge >= 0.3 is 5.97 Å². The van der Waals surface area contributed by atoms with Crippen LogP contribution in [0.25, 0.3) is 0 Å². The molecular formula is C20H23ClN2O5S. The van der Waals surface area contributed by atoms with E-state index in [1.54, 1.807) is 6.07 Å². The standard InChI is InChI=1S/C20H23ClN2O5S/c1-15(20(25)22-12-10-16-6-3-2-4-7-16)28-19(24)11-13-23-29(26,27)18-9-5-8-17(21)14-18/h2-9,14-15,23H,10-13H2,1H3,(H,22,25). The Morgan fingerprint density at radius 2 is 1.79 bits per heavy atom. The fourth-order valence-corrected chi connectivity index (χ4v) is 3.77. The Balaban J connectivity index is 1.70. The minimum atomic E-state index is -3.78. The summed E-state index contributed by atoms with van der Waals surface area (Å²) in [7, 11) is -3.78. The normalized spacial score (nSPS) is 12.2. The first-order chi connectivity index (χ1) is 13.8. The summed E-state index contributed by atoms with van der Waals surface area (Å²) in [5.41, 5.74) is 1.09. The Hall–Kier alpha value is -2.42. The number of benzene rings is 2. The van der Waals surface area contributed by atoms with Gasteiger partial charge in [-0.3, -0.25) is 9.59 Å². The number of hydrogen-bond acceptors (Lipinski definition) is 5. The molecule has 1 atom stereocenters. The van der Waals surface area contributed by atoms with Crippen LogP contribution in [0.3, 0.4) is 0 Å². The van der Waals surface area contributed by atoms with E-state index in [1.165, 1.54) is 25.1 Å². The van der Waals surface area contributed by atoms with Crippen molar-refractivity contribution in [2.45, 2.75) is 30.8 Å². The molecule has 2 N–H and O–H groups in total. The summed E-state index contributed by atoms with van der Waals surface area (Å²) in [5.74, 6) is -1.08. The molecular weight excluding hydrogens is 416 g/mol. The van der Waals surface area contributed by atoms with Gasteiger partial charge in [0, 0.05) is 18.1 Å². The fourth-order valence-electron chi connectivity index (χ4n) is 2.43.